The number of aromatic nitrogens is 3. The first kappa shape index (κ1) is 20.3. The number of rotatable bonds is 6. The lowest BCUT2D eigenvalue weighted by Gasteiger charge is -2.14. The highest BCUT2D eigenvalue weighted by Gasteiger charge is 2.21. The van der Waals surface area contributed by atoms with E-state index in [-0.39, 0.29) is 18.3 Å². The van der Waals surface area contributed by atoms with Crippen molar-refractivity contribution in [2.75, 3.05) is 0 Å². The summed E-state index contributed by atoms with van der Waals surface area (Å²) in [5.41, 5.74) is 0.688. The molecule has 1 amide bonds. The zero-order valence-electron chi connectivity index (χ0n) is 16.8. The molecule has 150 valence electrons. The van der Waals surface area contributed by atoms with Gasteiger partial charge in [0.15, 0.2) is 0 Å². The molecule has 1 aromatic heterocycles. The minimum absolute atomic E-state index is 0.0539. The van der Waals surface area contributed by atoms with Gasteiger partial charge in [0.1, 0.15) is 0 Å². The zero-order chi connectivity index (χ0) is 21.0. The fourth-order valence-corrected chi connectivity index (χ4v) is 2.92. The van der Waals surface area contributed by atoms with Crippen molar-refractivity contribution >= 4 is 5.91 Å². The number of aryl methyl sites for hydroxylation is 1. The second-order valence-electron chi connectivity index (χ2n) is 7.04. The second-order valence-corrected chi connectivity index (χ2v) is 7.04. The summed E-state index contributed by atoms with van der Waals surface area (Å²) in [6.45, 7) is 5.76. The quantitative estimate of drug-likeness (QED) is 0.697. The molecule has 3 aromatic rings. The summed E-state index contributed by atoms with van der Waals surface area (Å²) in [7, 11) is 0. The monoisotopic (exact) mass is 392 g/mol. The number of benzene rings is 2. The average molecular weight is 392 g/mol. The molecule has 29 heavy (non-hydrogen) atoms. The Labute approximate surface area is 168 Å². The molecule has 1 unspecified atom stereocenters. The lowest BCUT2D eigenvalue weighted by atomic mass is 10.1. The van der Waals surface area contributed by atoms with Crippen LogP contribution in [0.2, 0.25) is 0 Å². The van der Waals surface area contributed by atoms with Crippen LogP contribution in [0, 0.1) is 6.92 Å². The van der Waals surface area contributed by atoms with E-state index < -0.39 is 17.2 Å². The molecule has 0 aliphatic heterocycles. The van der Waals surface area contributed by atoms with Crippen LogP contribution in [-0.2, 0) is 6.54 Å². The van der Waals surface area contributed by atoms with Crippen molar-refractivity contribution in [3.05, 3.63) is 92.3 Å². The molecule has 0 spiro atoms. The Bertz CT molecular complexity index is 1130. The molecule has 1 N–H and O–H groups in total. The normalized spacial score (nSPS) is 11.8. The van der Waals surface area contributed by atoms with Gasteiger partial charge in [-0.3, -0.25) is 14.2 Å². The summed E-state index contributed by atoms with van der Waals surface area (Å²) < 4.78 is 2.16. The van der Waals surface area contributed by atoms with Crippen LogP contribution in [0.15, 0.2) is 64.2 Å². The van der Waals surface area contributed by atoms with Crippen LogP contribution in [0.25, 0.3) is 5.69 Å². The van der Waals surface area contributed by atoms with Gasteiger partial charge in [-0.15, -0.1) is 0 Å². The Balaban J connectivity index is 2.18. The molecule has 0 saturated carbocycles. The van der Waals surface area contributed by atoms with Crippen LogP contribution in [-0.4, -0.2) is 26.3 Å². The number of nitrogens with one attached hydrogen (secondary N) is 1. The molecule has 0 radical (unpaired) electrons. The van der Waals surface area contributed by atoms with E-state index in [1.807, 2.05) is 51.1 Å². The highest BCUT2D eigenvalue weighted by molar-refractivity contribution is 5.91. The highest BCUT2D eigenvalue weighted by atomic mass is 16.2. The van der Waals surface area contributed by atoms with Crippen LogP contribution in [0.5, 0.6) is 0 Å². The molecule has 1 atom stereocenters. The summed E-state index contributed by atoms with van der Waals surface area (Å²) in [6.07, 6.45) is 0.710. The molecule has 0 aliphatic rings. The SMILES string of the molecule is CCC(C)NC(=O)c1nn(-c2ccccc2)c(=O)n(Cc2cccc(C)c2)c1=O. The van der Waals surface area contributed by atoms with Crippen molar-refractivity contribution < 1.29 is 4.79 Å². The molecule has 3 rings (SSSR count). The highest BCUT2D eigenvalue weighted by Crippen LogP contribution is 2.06. The third kappa shape index (κ3) is 4.51. The number of carbonyl (C=O) groups is 1. The summed E-state index contributed by atoms with van der Waals surface area (Å²) in [6, 6.07) is 16.2. The Hall–Kier alpha value is -3.48. The van der Waals surface area contributed by atoms with Gasteiger partial charge in [-0.25, -0.2) is 4.79 Å². The lowest BCUT2D eigenvalue weighted by molar-refractivity contribution is 0.0929. The first-order valence-electron chi connectivity index (χ1n) is 9.56. The molecule has 2 aromatic carbocycles. The van der Waals surface area contributed by atoms with Gasteiger partial charge >= 0.3 is 5.69 Å². The molecule has 0 bridgehead atoms. The van der Waals surface area contributed by atoms with E-state index >= 15 is 0 Å². The van der Waals surface area contributed by atoms with Gasteiger partial charge in [-0.1, -0.05) is 55.0 Å². The van der Waals surface area contributed by atoms with Crippen LogP contribution in [0.1, 0.15) is 41.9 Å². The first-order chi connectivity index (χ1) is 13.9. The van der Waals surface area contributed by atoms with Crippen LogP contribution in [0.3, 0.4) is 0 Å². The van der Waals surface area contributed by atoms with Crippen molar-refractivity contribution in [2.24, 2.45) is 0 Å². The summed E-state index contributed by atoms with van der Waals surface area (Å²) in [5.74, 6) is -0.591. The standard InChI is InChI=1S/C22H24N4O3/c1-4-16(3)23-20(27)19-21(28)25(14-17-10-8-9-15(2)13-17)22(29)26(24-19)18-11-6-5-7-12-18/h5-13,16H,4,14H2,1-3H3,(H,23,27). The van der Waals surface area contributed by atoms with Crippen molar-refractivity contribution in [2.45, 2.75) is 39.8 Å². The van der Waals surface area contributed by atoms with E-state index in [9.17, 15) is 14.4 Å². The maximum atomic E-state index is 13.1. The van der Waals surface area contributed by atoms with Crippen molar-refractivity contribution in [1.29, 1.82) is 0 Å². The number of hydrogen-bond donors (Lipinski definition) is 1. The second kappa shape index (κ2) is 8.68. The number of nitrogens with zero attached hydrogens (tertiary/aromatic N) is 3. The lowest BCUT2D eigenvalue weighted by Crippen LogP contribution is -2.47. The summed E-state index contributed by atoms with van der Waals surface area (Å²) in [4.78, 5) is 38.8. The number of amides is 1. The van der Waals surface area contributed by atoms with Gasteiger partial charge in [-0.05, 0) is 38.0 Å². The fourth-order valence-electron chi connectivity index (χ4n) is 2.92. The van der Waals surface area contributed by atoms with E-state index in [0.717, 1.165) is 20.4 Å². The van der Waals surface area contributed by atoms with E-state index in [1.165, 1.54) is 0 Å². The molecule has 0 aliphatic carbocycles. The van der Waals surface area contributed by atoms with Gasteiger partial charge in [-0.2, -0.15) is 9.78 Å². The Morgan fingerprint density at radius 1 is 1.10 bits per heavy atom. The average Bonchev–Trinajstić information content (AvgIpc) is 2.71. The van der Waals surface area contributed by atoms with Crippen molar-refractivity contribution in [3.8, 4) is 5.69 Å². The van der Waals surface area contributed by atoms with Crippen molar-refractivity contribution in [3.63, 3.8) is 0 Å². The van der Waals surface area contributed by atoms with E-state index in [4.69, 9.17) is 0 Å². The van der Waals surface area contributed by atoms with Gasteiger partial charge in [0.05, 0.1) is 12.2 Å². The molecule has 0 saturated heterocycles. The summed E-state index contributed by atoms with van der Waals surface area (Å²) >= 11 is 0. The summed E-state index contributed by atoms with van der Waals surface area (Å²) in [5, 5.41) is 6.86. The minimum atomic E-state index is -0.704. The molecule has 7 heteroatoms. The minimum Gasteiger partial charge on any atom is -0.348 e. The largest absolute Gasteiger partial charge is 0.352 e. The number of carbonyl (C=O) groups excluding carboxylic acids is 1. The van der Waals surface area contributed by atoms with Crippen LogP contribution >= 0.6 is 0 Å². The first-order valence-corrected chi connectivity index (χ1v) is 9.56. The van der Waals surface area contributed by atoms with Crippen LogP contribution in [0.4, 0.5) is 0 Å². The smallest absolute Gasteiger partial charge is 0.348 e. The predicted octanol–water partition coefficient (Wildman–Crippen LogP) is 2.28. The maximum absolute atomic E-state index is 13.1. The molecule has 7 nitrogen and oxygen atoms in total. The third-order valence-corrected chi connectivity index (χ3v) is 4.69. The number of para-hydroxylation sites is 1. The van der Waals surface area contributed by atoms with E-state index in [2.05, 4.69) is 10.4 Å². The van der Waals surface area contributed by atoms with Gasteiger partial charge in [0.2, 0.25) is 5.69 Å². The van der Waals surface area contributed by atoms with E-state index in [1.54, 1.807) is 24.3 Å². The van der Waals surface area contributed by atoms with Gasteiger partial charge in [0, 0.05) is 6.04 Å². The third-order valence-electron chi connectivity index (χ3n) is 4.69. The topological polar surface area (TPSA) is 86.0 Å². The number of hydrogen-bond acceptors (Lipinski definition) is 4. The predicted molar refractivity (Wildman–Crippen MR) is 112 cm³/mol. The fraction of sp³-hybridized carbons (Fsp3) is 0.273. The zero-order valence-corrected chi connectivity index (χ0v) is 16.8. The maximum Gasteiger partial charge on any atom is 0.352 e. The molecular weight excluding hydrogens is 368 g/mol. The van der Waals surface area contributed by atoms with Gasteiger partial charge < -0.3 is 5.32 Å². The van der Waals surface area contributed by atoms with Crippen LogP contribution < -0.4 is 16.6 Å². The molecule has 0 fully saturated rings. The van der Waals surface area contributed by atoms with E-state index in [0.29, 0.717) is 12.1 Å². The Morgan fingerprint density at radius 2 is 1.83 bits per heavy atom. The molecular formula is C22H24N4O3. The van der Waals surface area contributed by atoms with Crippen molar-refractivity contribution in [1.82, 2.24) is 19.7 Å². The Kier molecular flexibility index (Phi) is 6.07. The molecule has 1 heterocycles. The Morgan fingerprint density at radius 3 is 2.48 bits per heavy atom. The van der Waals surface area contributed by atoms with Gasteiger partial charge in [0.25, 0.3) is 11.5 Å².